The van der Waals surface area contributed by atoms with Crippen LogP contribution in [0.25, 0.3) is 0 Å². The number of fused-ring (bicyclic) bond motifs is 3. The number of ether oxygens (including phenoxy) is 5. The number of esters is 1. The van der Waals surface area contributed by atoms with E-state index >= 15 is 0 Å². The Hall–Kier alpha value is -2.67. The number of hydrogen-bond acceptors (Lipinski definition) is 10. The first-order valence-electron chi connectivity index (χ1n) is 15.4. The number of aliphatic hydroxyl groups is 4. The van der Waals surface area contributed by atoms with Crippen LogP contribution in [-0.4, -0.2) is 85.9 Å². The highest BCUT2D eigenvalue weighted by Gasteiger charge is 2.90. The minimum atomic E-state index is -2.13. The van der Waals surface area contributed by atoms with Crippen molar-refractivity contribution in [2.45, 2.75) is 86.1 Å². The zero-order valence-corrected chi connectivity index (χ0v) is 24.8. The van der Waals surface area contributed by atoms with Gasteiger partial charge in [0, 0.05) is 23.3 Å². The molecule has 10 nitrogen and oxygen atoms in total. The maximum Gasteiger partial charge on any atom is 0.338 e. The fraction of sp³-hybridized carbons (Fsp3) is 0.559. The lowest BCUT2D eigenvalue weighted by atomic mass is 9.52. The van der Waals surface area contributed by atoms with Crippen molar-refractivity contribution in [2.75, 3.05) is 6.61 Å². The summed E-state index contributed by atoms with van der Waals surface area (Å²) in [6, 6.07) is 17.8. The second kappa shape index (κ2) is 8.98. The van der Waals surface area contributed by atoms with Crippen molar-refractivity contribution in [1.29, 1.82) is 0 Å². The van der Waals surface area contributed by atoms with E-state index in [9.17, 15) is 25.2 Å². The summed E-state index contributed by atoms with van der Waals surface area (Å²) in [5, 5.41) is 46.7. The fourth-order valence-corrected chi connectivity index (χ4v) is 9.72. The molecular formula is C34H38O10. The molecule has 6 fully saturated rings. The van der Waals surface area contributed by atoms with Crippen molar-refractivity contribution < 1.29 is 48.9 Å². The maximum atomic E-state index is 13.7. The van der Waals surface area contributed by atoms with Gasteiger partial charge in [0.15, 0.2) is 5.60 Å². The fourth-order valence-electron chi connectivity index (χ4n) is 9.72. The molecule has 4 N–H and O–H groups in total. The van der Waals surface area contributed by atoms with Crippen molar-refractivity contribution in [1.82, 2.24) is 0 Å². The molecule has 2 aromatic carbocycles. The Morgan fingerprint density at radius 1 is 1.00 bits per heavy atom. The molecule has 3 aliphatic carbocycles. The average Bonchev–Trinajstić information content (AvgIpc) is 3.65. The van der Waals surface area contributed by atoms with Gasteiger partial charge >= 0.3 is 11.9 Å². The topological polar surface area (TPSA) is 147 Å². The van der Waals surface area contributed by atoms with Gasteiger partial charge in [-0.05, 0) is 37.0 Å². The van der Waals surface area contributed by atoms with Gasteiger partial charge in [-0.25, -0.2) is 4.79 Å². The van der Waals surface area contributed by atoms with E-state index in [1.54, 1.807) is 31.2 Å². The average molecular weight is 607 g/mol. The molecule has 3 heterocycles. The molecule has 0 aromatic heterocycles. The smallest absolute Gasteiger partial charge is 0.338 e. The SMILES string of the molecule is C=C(C)[C@@]12OC3(c4ccccc4)O[C@@H]1[C@@H]1[C@@H]4O[C@]4(CO)[C@@H](O)[C@@]4(O)[C@@H](C[C@H](C)[C@@H]4O)[C@@]1(O3)[C@H](C)[C@@H]2OC(=O)c1ccccc1. The molecule has 10 heteroatoms. The van der Waals surface area contributed by atoms with Crippen molar-refractivity contribution in [3.05, 3.63) is 83.9 Å². The Morgan fingerprint density at radius 3 is 2.30 bits per heavy atom. The minimum absolute atomic E-state index is 0.279. The second-order valence-electron chi connectivity index (χ2n) is 13.7. The van der Waals surface area contributed by atoms with Gasteiger partial charge in [-0.15, -0.1) is 0 Å². The monoisotopic (exact) mass is 606 g/mol. The molecule has 2 aromatic rings. The van der Waals surface area contributed by atoms with Gasteiger partial charge in [-0.1, -0.05) is 69.0 Å². The first-order valence-corrected chi connectivity index (χ1v) is 15.4. The molecule has 14 atom stereocenters. The molecule has 234 valence electrons. The van der Waals surface area contributed by atoms with Gasteiger partial charge < -0.3 is 44.1 Å². The Kier molecular flexibility index (Phi) is 5.88. The third-order valence-electron chi connectivity index (χ3n) is 11.8. The van der Waals surface area contributed by atoms with E-state index in [-0.39, 0.29) is 6.42 Å². The van der Waals surface area contributed by atoms with Crippen LogP contribution >= 0.6 is 0 Å². The van der Waals surface area contributed by atoms with Gasteiger partial charge in [-0.3, -0.25) is 0 Å². The summed E-state index contributed by atoms with van der Waals surface area (Å²) in [5.74, 6) is -5.10. The summed E-state index contributed by atoms with van der Waals surface area (Å²) in [6.45, 7) is 9.22. The van der Waals surface area contributed by atoms with Crippen LogP contribution in [0.2, 0.25) is 0 Å². The summed E-state index contributed by atoms with van der Waals surface area (Å²) in [7, 11) is 0. The highest BCUT2D eigenvalue weighted by molar-refractivity contribution is 5.89. The van der Waals surface area contributed by atoms with E-state index in [1.165, 1.54) is 0 Å². The highest BCUT2D eigenvalue weighted by atomic mass is 16.9. The van der Waals surface area contributed by atoms with Gasteiger partial charge in [0.25, 0.3) is 0 Å². The lowest BCUT2D eigenvalue weighted by Gasteiger charge is -2.62. The molecule has 3 aliphatic heterocycles. The molecule has 1 unspecified atom stereocenters. The number of benzene rings is 2. The minimum Gasteiger partial charge on any atom is -0.455 e. The predicted molar refractivity (Wildman–Crippen MR) is 153 cm³/mol. The number of carbonyl (C=O) groups excluding carboxylic acids is 1. The highest BCUT2D eigenvalue weighted by Crippen LogP contribution is 2.75. The summed E-state index contributed by atoms with van der Waals surface area (Å²) in [6.07, 6.45) is -5.44. The summed E-state index contributed by atoms with van der Waals surface area (Å²) in [5.41, 5.74) is -5.12. The van der Waals surface area contributed by atoms with Gasteiger partial charge in [0.05, 0.1) is 23.9 Å². The summed E-state index contributed by atoms with van der Waals surface area (Å²) >= 11 is 0. The maximum absolute atomic E-state index is 13.7. The lowest BCUT2D eigenvalue weighted by Crippen LogP contribution is -2.76. The van der Waals surface area contributed by atoms with Gasteiger partial charge in [0.1, 0.15) is 35.6 Å². The van der Waals surface area contributed by atoms with Crippen molar-refractivity contribution in [3.63, 3.8) is 0 Å². The number of rotatable bonds is 5. The normalized spacial score (nSPS) is 51.1. The van der Waals surface area contributed by atoms with E-state index in [4.69, 9.17) is 23.7 Å². The standard InChI is InChI=1S/C34H38O10/c1-17(2)32-25(40-28(37)20-11-7-5-8-12-20)19(4)33-22-15-18(3)24(36)31(22,39)29(38)30(16-35)26(41-30)23(33)27(32)42-34(43-32,44-33)21-13-9-6-10-14-21/h5-14,18-19,22-27,29,35-36,38-39H,1,15-16H2,2-4H3/t18-,19+,22+,23-,24-,25-,26-,27+,29+,30-,31+,32-,33-,34?/m0/s1. The van der Waals surface area contributed by atoms with Crippen molar-refractivity contribution >= 4 is 5.97 Å². The molecule has 0 radical (unpaired) electrons. The molecule has 0 amide bonds. The molecule has 8 rings (SSSR count). The molecule has 0 spiro atoms. The van der Waals surface area contributed by atoms with Crippen LogP contribution in [0.3, 0.4) is 0 Å². The van der Waals surface area contributed by atoms with E-state index in [0.29, 0.717) is 16.7 Å². The molecule has 3 saturated heterocycles. The first-order chi connectivity index (χ1) is 20.9. The number of aliphatic hydroxyl groups excluding tert-OH is 3. The Labute approximate surface area is 255 Å². The molecular weight excluding hydrogens is 568 g/mol. The van der Waals surface area contributed by atoms with Crippen LogP contribution in [0.5, 0.6) is 0 Å². The van der Waals surface area contributed by atoms with Crippen molar-refractivity contribution in [3.8, 4) is 0 Å². The second-order valence-corrected chi connectivity index (χ2v) is 13.7. The van der Waals surface area contributed by atoms with Crippen LogP contribution in [0.15, 0.2) is 72.8 Å². The zero-order chi connectivity index (χ0) is 31.0. The number of hydrogen-bond donors (Lipinski definition) is 4. The van der Waals surface area contributed by atoms with Crippen LogP contribution in [0.4, 0.5) is 0 Å². The zero-order valence-electron chi connectivity index (χ0n) is 24.8. The number of epoxide rings is 1. The Bertz CT molecular complexity index is 1520. The lowest BCUT2D eigenvalue weighted by molar-refractivity contribution is -0.444. The third kappa shape index (κ3) is 3.11. The van der Waals surface area contributed by atoms with Gasteiger partial charge in [-0.2, -0.15) is 0 Å². The molecule has 3 bridgehead atoms. The van der Waals surface area contributed by atoms with Crippen LogP contribution in [0, 0.1) is 23.7 Å². The Morgan fingerprint density at radius 2 is 1.66 bits per heavy atom. The summed E-state index contributed by atoms with van der Waals surface area (Å²) < 4.78 is 33.6. The number of carbonyl (C=O) groups is 1. The van der Waals surface area contributed by atoms with Crippen LogP contribution in [-0.2, 0) is 29.7 Å². The Balaban J connectivity index is 1.39. The molecule has 44 heavy (non-hydrogen) atoms. The van der Waals surface area contributed by atoms with E-state index < -0.39 is 95.1 Å². The van der Waals surface area contributed by atoms with Gasteiger partial charge in [0.2, 0.25) is 0 Å². The quantitative estimate of drug-likeness (QED) is 0.227. The predicted octanol–water partition coefficient (Wildman–Crippen LogP) is 2.04. The van der Waals surface area contributed by atoms with Crippen LogP contribution in [0.1, 0.15) is 43.1 Å². The van der Waals surface area contributed by atoms with E-state index in [2.05, 4.69) is 6.58 Å². The third-order valence-corrected chi connectivity index (χ3v) is 11.8. The summed E-state index contributed by atoms with van der Waals surface area (Å²) in [4.78, 5) is 13.7. The van der Waals surface area contributed by atoms with E-state index in [0.717, 1.165) is 0 Å². The van der Waals surface area contributed by atoms with Crippen LogP contribution < -0.4 is 0 Å². The molecule has 6 aliphatic rings. The first kappa shape index (κ1) is 28.8. The van der Waals surface area contributed by atoms with E-state index in [1.807, 2.05) is 50.2 Å². The van der Waals surface area contributed by atoms with Crippen molar-refractivity contribution in [2.24, 2.45) is 23.7 Å². The largest absolute Gasteiger partial charge is 0.455 e. The molecule has 3 saturated carbocycles.